The molecule has 3 rings (SSSR count). The number of benzene rings is 1. The topological polar surface area (TPSA) is 58.6 Å². The fourth-order valence-electron chi connectivity index (χ4n) is 3.49. The van der Waals surface area contributed by atoms with Gasteiger partial charge in [-0.15, -0.1) is 0 Å². The third-order valence-corrected chi connectivity index (χ3v) is 4.81. The first-order chi connectivity index (χ1) is 10.6. The minimum Gasteiger partial charge on any atom is -0.497 e. The van der Waals surface area contributed by atoms with Crippen molar-refractivity contribution in [3.05, 3.63) is 24.3 Å². The van der Waals surface area contributed by atoms with Crippen LogP contribution in [0, 0.1) is 17.8 Å². The van der Waals surface area contributed by atoms with Crippen molar-refractivity contribution < 1.29 is 14.3 Å². The Morgan fingerprint density at radius 3 is 2.50 bits per heavy atom. The molecule has 0 spiro atoms. The molecule has 1 aromatic rings. The molecule has 1 saturated carbocycles. The summed E-state index contributed by atoms with van der Waals surface area (Å²) < 4.78 is 5.11. The van der Waals surface area contributed by atoms with Gasteiger partial charge in [0.25, 0.3) is 0 Å². The Kier molecular flexibility index (Phi) is 4.05. The minimum atomic E-state index is -0.103. The summed E-state index contributed by atoms with van der Waals surface area (Å²) in [5.74, 6) is 1.09. The van der Waals surface area contributed by atoms with Crippen LogP contribution < -0.4 is 10.1 Å². The van der Waals surface area contributed by atoms with Gasteiger partial charge in [0.05, 0.1) is 25.6 Å². The van der Waals surface area contributed by atoms with Crippen LogP contribution >= 0.6 is 0 Å². The predicted octanol–water partition coefficient (Wildman–Crippen LogP) is 2.49. The van der Waals surface area contributed by atoms with Gasteiger partial charge in [-0.05, 0) is 49.4 Å². The van der Waals surface area contributed by atoms with E-state index in [0.29, 0.717) is 5.92 Å². The summed E-state index contributed by atoms with van der Waals surface area (Å²) in [4.78, 5) is 26.3. The highest BCUT2D eigenvalue weighted by Crippen LogP contribution is 2.40. The monoisotopic (exact) mass is 302 g/mol. The number of hydrogen-bond acceptors (Lipinski definition) is 4. The lowest BCUT2D eigenvalue weighted by molar-refractivity contribution is -0.139. The van der Waals surface area contributed by atoms with Gasteiger partial charge >= 0.3 is 0 Å². The number of anilines is 1. The number of nitrogens with zero attached hydrogens (tertiary/aromatic N) is 1. The number of amides is 2. The van der Waals surface area contributed by atoms with E-state index in [1.807, 2.05) is 24.3 Å². The molecule has 1 aliphatic carbocycles. The lowest BCUT2D eigenvalue weighted by atomic mass is 9.76. The van der Waals surface area contributed by atoms with Crippen LogP contribution in [0.3, 0.4) is 0 Å². The van der Waals surface area contributed by atoms with Crippen molar-refractivity contribution in [2.24, 2.45) is 17.8 Å². The fourth-order valence-corrected chi connectivity index (χ4v) is 3.49. The standard InChI is InChI=1S/C17H22N2O3/c1-11-3-8-14-15(9-11)17(21)19(16(14)20)10-18-12-4-6-13(22-2)7-5-12/h4-7,11,14-15,18H,3,8-10H2,1-2H3/t11-,14-,15-/m1/s1. The minimum absolute atomic E-state index is 0.0112. The maximum absolute atomic E-state index is 12.5. The third kappa shape index (κ3) is 2.67. The molecule has 3 atom stereocenters. The number of carbonyl (C=O) groups excluding carboxylic acids is 2. The number of carbonyl (C=O) groups is 2. The summed E-state index contributed by atoms with van der Waals surface area (Å²) in [5.41, 5.74) is 0.865. The quantitative estimate of drug-likeness (QED) is 0.868. The molecule has 1 heterocycles. The Labute approximate surface area is 130 Å². The Hall–Kier alpha value is -2.04. The lowest BCUT2D eigenvalue weighted by Gasteiger charge is -2.25. The molecule has 0 aromatic heterocycles. The number of rotatable bonds is 4. The maximum Gasteiger partial charge on any atom is 0.234 e. The van der Waals surface area contributed by atoms with Gasteiger partial charge < -0.3 is 10.1 Å². The fraction of sp³-hybridized carbons (Fsp3) is 0.529. The van der Waals surface area contributed by atoms with Gasteiger partial charge in [-0.1, -0.05) is 6.92 Å². The second kappa shape index (κ2) is 5.99. The molecule has 5 heteroatoms. The zero-order chi connectivity index (χ0) is 15.7. The maximum atomic E-state index is 12.5. The summed E-state index contributed by atoms with van der Waals surface area (Å²) in [6, 6.07) is 7.44. The van der Waals surface area contributed by atoms with Crippen LogP contribution in [0.4, 0.5) is 5.69 Å². The first-order valence-corrected chi connectivity index (χ1v) is 7.83. The van der Waals surface area contributed by atoms with Crippen LogP contribution in [0.1, 0.15) is 26.2 Å². The van der Waals surface area contributed by atoms with Gasteiger partial charge in [-0.25, -0.2) is 0 Å². The van der Waals surface area contributed by atoms with E-state index < -0.39 is 0 Å². The molecule has 0 radical (unpaired) electrons. The zero-order valence-corrected chi connectivity index (χ0v) is 13.0. The van der Waals surface area contributed by atoms with Crippen LogP contribution in [0.2, 0.25) is 0 Å². The van der Waals surface area contributed by atoms with Crippen LogP contribution in [0.15, 0.2) is 24.3 Å². The number of nitrogens with one attached hydrogen (secondary N) is 1. The molecule has 0 unspecified atom stereocenters. The normalized spacial score (nSPS) is 27.7. The van der Waals surface area contributed by atoms with Crippen molar-refractivity contribution in [3.63, 3.8) is 0 Å². The van der Waals surface area contributed by atoms with E-state index in [1.165, 1.54) is 4.90 Å². The van der Waals surface area contributed by atoms with E-state index in [1.54, 1.807) is 7.11 Å². The molecular formula is C17H22N2O3. The Bertz CT molecular complexity index is 570. The SMILES string of the molecule is COc1ccc(NCN2C(=O)[C@@H]3CC[C@@H](C)C[C@H]3C2=O)cc1. The third-order valence-electron chi connectivity index (χ3n) is 4.81. The molecule has 1 aliphatic heterocycles. The van der Waals surface area contributed by atoms with Crippen LogP contribution in [0.5, 0.6) is 5.75 Å². The van der Waals surface area contributed by atoms with Gasteiger partial charge in [-0.3, -0.25) is 14.5 Å². The Morgan fingerprint density at radius 1 is 1.14 bits per heavy atom. The van der Waals surface area contributed by atoms with E-state index in [4.69, 9.17) is 4.74 Å². The van der Waals surface area contributed by atoms with E-state index in [2.05, 4.69) is 12.2 Å². The van der Waals surface area contributed by atoms with E-state index in [9.17, 15) is 9.59 Å². The average Bonchev–Trinajstić information content (AvgIpc) is 2.77. The lowest BCUT2D eigenvalue weighted by Crippen LogP contribution is -2.35. The van der Waals surface area contributed by atoms with Gasteiger partial charge in [0.15, 0.2) is 0 Å². The number of hydrogen-bond donors (Lipinski definition) is 1. The summed E-state index contributed by atoms with van der Waals surface area (Å²) in [7, 11) is 1.62. The van der Waals surface area contributed by atoms with Crippen molar-refractivity contribution in [2.75, 3.05) is 19.1 Å². The van der Waals surface area contributed by atoms with Gasteiger partial charge in [0.2, 0.25) is 11.8 Å². The molecular weight excluding hydrogens is 280 g/mol. The number of methoxy groups -OCH3 is 1. The molecule has 22 heavy (non-hydrogen) atoms. The van der Waals surface area contributed by atoms with Gasteiger partial charge in [0, 0.05) is 5.69 Å². The van der Waals surface area contributed by atoms with Crippen LogP contribution in [0.25, 0.3) is 0 Å². The molecule has 1 saturated heterocycles. The van der Waals surface area contributed by atoms with Crippen molar-refractivity contribution in [1.82, 2.24) is 4.90 Å². The molecule has 2 fully saturated rings. The zero-order valence-electron chi connectivity index (χ0n) is 13.0. The van der Waals surface area contributed by atoms with Crippen molar-refractivity contribution in [3.8, 4) is 5.75 Å². The summed E-state index contributed by atoms with van der Waals surface area (Å²) >= 11 is 0. The number of imide groups is 1. The number of likely N-dealkylation sites (tertiary alicyclic amines) is 1. The largest absolute Gasteiger partial charge is 0.497 e. The predicted molar refractivity (Wildman–Crippen MR) is 83.3 cm³/mol. The molecule has 1 aromatic carbocycles. The first-order valence-electron chi connectivity index (χ1n) is 7.83. The Balaban J connectivity index is 1.64. The van der Waals surface area contributed by atoms with Gasteiger partial charge in [-0.2, -0.15) is 0 Å². The smallest absolute Gasteiger partial charge is 0.234 e. The molecule has 5 nitrogen and oxygen atoms in total. The molecule has 2 aliphatic rings. The molecule has 2 amide bonds. The van der Waals surface area contributed by atoms with E-state index >= 15 is 0 Å². The first kappa shape index (κ1) is 14.9. The summed E-state index contributed by atoms with van der Waals surface area (Å²) in [6.45, 7) is 2.40. The summed E-state index contributed by atoms with van der Waals surface area (Å²) in [5, 5.41) is 3.15. The van der Waals surface area contributed by atoms with E-state index in [-0.39, 0.29) is 30.3 Å². The second-order valence-electron chi connectivity index (χ2n) is 6.30. The summed E-state index contributed by atoms with van der Waals surface area (Å²) in [6.07, 6.45) is 2.73. The van der Waals surface area contributed by atoms with E-state index in [0.717, 1.165) is 30.7 Å². The second-order valence-corrected chi connectivity index (χ2v) is 6.30. The van der Waals surface area contributed by atoms with Crippen molar-refractivity contribution in [2.45, 2.75) is 26.2 Å². The molecule has 118 valence electrons. The van der Waals surface area contributed by atoms with Gasteiger partial charge in [0.1, 0.15) is 5.75 Å². The number of fused-ring (bicyclic) bond motifs is 1. The highest BCUT2D eigenvalue weighted by molar-refractivity contribution is 6.05. The van der Waals surface area contributed by atoms with Crippen LogP contribution in [-0.2, 0) is 9.59 Å². The number of ether oxygens (including phenoxy) is 1. The molecule has 0 bridgehead atoms. The highest BCUT2D eigenvalue weighted by Gasteiger charge is 2.49. The molecule has 1 N–H and O–H groups in total. The van der Waals surface area contributed by atoms with Crippen LogP contribution in [-0.4, -0.2) is 30.5 Å². The highest BCUT2D eigenvalue weighted by atomic mass is 16.5. The van der Waals surface area contributed by atoms with Crippen molar-refractivity contribution in [1.29, 1.82) is 0 Å². The average molecular weight is 302 g/mol. The van der Waals surface area contributed by atoms with Crippen molar-refractivity contribution >= 4 is 17.5 Å². The Morgan fingerprint density at radius 2 is 1.82 bits per heavy atom.